The van der Waals surface area contributed by atoms with Crippen LogP contribution < -0.4 is 0 Å². The first-order chi connectivity index (χ1) is 7.65. The van der Waals surface area contributed by atoms with Crippen molar-refractivity contribution < 1.29 is 0 Å². The third-order valence-corrected chi connectivity index (χ3v) is 3.47. The van der Waals surface area contributed by atoms with Crippen LogP contribution in [-0.2, 0) is 6.54 Å². The normalized spacial score (nSPS) is 14.7. The van der Waals surface area contributed by atoms with Crippen LogP contribution in [0.25, 0.3) is 6.08 Å². The molecule has 0 aromatic carbocycles. The first-order valence-electron chi connectivity index (χ1n) is 6.28. The Bertz CT molecular complexity index is 327. The molecule has 1 unspecified atom stereocenters. The van der Waals surface area contributed by atoms with Crippen LogP contribution in [0.15, 0.2) is 19.0 Å². The van der Waals surface area contributed by atoms with Crippen LogP contribution in [0.1, 0.15) is 52.3 Å². The molecule has 90 valence electrons. The van der Waals surface area contributed by atoms with Crippen molar-refractivity contribution in [1.29, 1.82) is 0 Å². The van der Waals surface area contributed by atoms with Gasteiger partial charge in [0.15, 0.2) is 0 Å². The Labute approximate surface area is 99.4 Å². The molecule has 0 aliphatic heterocycles. The number of hydrogen-bond donors (Lipinski definition) is 0. The summed E-state index contributed by atoms with van der Waals surface area (Å²) in [6.45, 7) is 11.7. The molecule has 1 atom stereocenters. The lowest BCUT2D eigenvalue weighted by Gasteiger charge is -2.29. The van der Waals surface area contributed by atoms with Crippen molar-refractivity contribution in [2.24, 2.45) is 5.41 Å². The summed E-state index contributed by atoms with van der Waals surface area (Å²) < 4.78 is 2.21. The van der Waals surface area contributed by atoms with Gasteiger partial charge in [-0.25, -0.2) is 4.98 Å². The Balaban J connectivity index is 2.72. The summed E-state index contributed by atoms with van der Waals surface area (Å²) in [5.41, 5.74) is 0.383. The minimum absolute atomic E-state index is 0.383. The van der Waals surface area contributed by atoms with Crippen LogP contribution in [0.3, 0.4) is 0 Å². The van der Waals surface area contributed by atoms with Gasteiger partial charge in [0.2, 0.25) is 0 Å². The Hall–Kier alpha value is -1.05. The summed E-state index contributed by atoms with van der Waals surface area (Å²) in [6, 6.07) is 0. The first-order valence-corrected chi connectivity index (χ1v) is 6.28. The molecule has 0 saturated heterocycles. The van der Waals surface area contributed by atoms with Crippen LogP contribution in [0.2, 0.25) is 0 Å². The average molecular weight is 220 g/mol. The second-order valence-electron chi connectivity index (χ2n) is 4.89. The van der Waals surface area contributed by atoms with E-state index in [1.807, 2.05) is 12.3 Å². The van der Waals surface area contributed by atoms with Gasteiger partial charge in [-0.05, 0) is 24.3 Å². The molecule has 0 saturated carbocycles. The molecule has 0 aliphatic rings. The Morgan fingerprint density at radius 2 is 2.25 bits per heavy atom. The molecule has 0 spiro atoms. The fourth-order valence-corrected chi connectivity index (χ4v) is 2.03. The van der Waals surface area contributed by atoms with Crippen molar-refractivity contribution in [3.8, 4) is 0 Å². The van der Waals surface area contributed by atoms with Crippen molar-refractivity contribution in [2.45, 2.75) is 53.0 Å². The molecule has 0 fully saturated rings. The molecule has 1 heterocycles. The van der Waals surface area contributed by atoms with E-state index in [0.29, 0.717) is 5.41 Å². The van der Waals surface area contributed by atoms with Gasteiger partial charge < -0.3 is 4.57 Å². The standard InChI is InChI=1S/C14H24N2/c1-5-8-9-14(4,7-3)12-16-11-10-15-13(16)6-2/h6,10-11H,2,5,7-9,12H2,1,3-4H3. The predicted molar refractivity (Wildman–Crippen MR) is 70.2 cm³/mol. The lowest BCUT2D eigenvalue weighted by atomic mass is 9.82. The van der Waals surface area contributed by atoms with E-state index >= 15 is 0 Å². The van der Waals surface area contributed by atoms with Gasteiger partial charge in [0.1, 0.15) is 5.82 Å². The van der Waals surface area contributed by atoms with Gasteiger partial charge in [0.25, 0.3) is 0 Å². The minimum atomic E-state index is 0.383. The number of nitrogens with zero attached hydrogens (tertiary/aromatic N) is 2. The molecule has 16 heavy (non-hydrogen) atoms. The fraction of sp³-hybridized carbons (Fsp3) is 0.643. The smallest absolute Gasteiger partial charge is 0.131 e. The van der Waals surface area contributed by atoms with Gasteiger partial charge in [0.05, 0.1) is 0 Å². The quantitative estimate of drug-likeness (QED) is 0.675. The van der Waals surface area contributed by atoms with Crippen molar-refractivity contribution in [3.63, 3.8) is 0 Å². The van der Waals surface area contributed by atoms with Crippen LogP contribution in [0.5, 0.6) is 0 Å². The highest BCUT2D eigenvalue weighted by Crippen LogP contribution is 2.30. The summed E-state index contributed by atoms with van der Waals surface area (Å²) in [6.07, 6.45) is 10.8. The average Bonchev–Trinajstić information content (AvgIpc) is 2.73. The number of aromatic nitrogens is 2. The Morgan fingerprint density at radius 1 is 1.50 bits per heavy atom. The van der Waals surface area contributed by atoms with E-state index in [1.165, 1.54) is 25.7 Å². The van der Waals surface area contributed by atoms with Crippen molar-refractivity contribution in [2.75, 3.05) is 0 Å². The summed E-state index contributed by atoms with van der Waals surface area (Å²) >= 11 is 0. The summed E-state index contributed by atoms with van der Waals surface area (Å²) in [5, 5.41) is 0. The number of imidazole rings is 1. The highest BCUT2D eigenvalue weighted by atomic mass is 15.1. The zero-order chi connectivity index (χ0) is 12.0. The van der Waals surface area contributed by atoms with Gasteiger partial charge in [-0.15, -0.1) is 0 Å². The second-order valence-corrected chi connectivity index (χ2v) is 4.89. The van der Waals surface area contributed by atoms with Crippen LogP contribution in [0, 0.1) is 5.41 Å². The molecular weight excluding hydrogens is 196 g/mol. The first kappa shape index (κ1) is 13.0. The maximum Gasteiger partial charge on any atom is 0.131 e. The van der Waals surface area contributed by atoms with E-state index in [-0.39, 0.29) is 0 Å². The summed E-state index contributed by atoms with van der Waals surface area (Å²) in [7, 11) is 0. The largest absolute Gasteiger partial charge is 0.331 e. The molecule has 1 aromatic heterocycles. The summed E-state index contributed by atoms with van der Waals surface area (Å²) in [5.74, 6) is 0.983. The topological polar surface area (TPSA) is 17.8 Å². The minimum Gasteiger partial charge on any atom is -0.331 e. The molecule has 0 bridgehead atoms. The maximum absolute atomic E-state index is 4.28. The van der Waals surface area contributed by atoms with E-state index in [0.717, 1.165) is 12.4 Å². The second kappa shape index (κ2) is 5.88. The molecule has 1 rings (SSSR count). The zero-order valence-electron chi connectivity index (χ0n) is 10.9. The van der Waals surface area contributed by atoms with Crippen LogP contribution in [-0.4, -0.2) is 9.55 Å². The van der Waals surface area contributed by atoms with E-state index in [2.05, 4.69) is 43.1 Å². The summed E-state index contributed by atoms with van der Waals surface area (Å²) in [4.78, 5) is 4.28. The van der Waals surface area contributed by atoms with Gasteiger partial charge in [-0.3, -0.25) is 0 Å². The molecule has 1 aromatic rings. The van der Waals surface area contributed by atoms with Crippen molar-refractivity contribution >= 4 is 6.08 Å². The Morgan fingerprint density at radius 3 is 2.81 bits per heavy atom. The van der Waals surface area contributed by atoms with Gasteiger partial charge in [0, 0.05) is 18.9 Å². The highest BCUT2D eigenvalue weighted by Gasteiger charge is 2.22. The van der Waals surface area contributed by atoms with Gasteiger partial charge in [-0.1, -0.05) is 40.2 Å². The number of unbranched alkanes of at least 4 members (excludes halogenated alkanes) is 1. The third-order valence-electron chi connectivity index (χ3n) is 3.47. The molecule has 0 aliphatic carbocycles. The van der Waals surface area contributed by atoms with E-state index in [9.17, 15) is 0 Å². The SMILES string of the molecule is C=Cc1nccn1CC(C)(CC)CCCC. The molecular formula is C14H24N2. The van der Waals surface area contributed by atoms with Crippen molar-refractivity contribution in [1.82, 2.24) is 9.55 Å². The lowest BCUT2D eigenvalue weighted by molar-refractivity contribution is 0.231. The van der Waals surface area contributed by atoms with Crippen LogP contribution in [0.4, 0.5) is 0 Å². The molecule has 0 amide bonds. The van der Waals surface area contributed by atoms with Gasteiger partial charge >= 0.3 is 0 Å². The molecule has 0 N–H and O–H groups in total. The van der Waals surface area contributed by atoms with E-state index in [4.69, 9.17) is 0 Å². The lowest BCUT2D eigenvalue weighted by Crippen LogP contribution is -2.23. The Kier molecular flexibility index (Phi) is 4.78. The molecule has 2 nitrogen and oxygen atoms in total. The maximum atomic E-state index is 4.28. The highest BCUT2D eigenvalue weighted by molar-refractivity contribution is 5.36. The fourth-order valence-electron chi connectivity index (χ4n) is 2.03. The zero-order valence-corrected chi connectivity index (χ0v) is 10.9. The van der Waals surface area contributed by atoms with Gasteiger partial charge in [-0.2, -0.15) is 0 Å². The molecule has 2 heteroatoms. The van der Waals surface area contributed by atoms with E-state index in [1.54, 1.807) is 0 Å². The number of rotatable bonds is 7. The van der Waals surface area contributed by atoms with Crippen LogP contribution >= 0.6 is 0 Å². The predicted octanol–water partition coefficient (Wildman–Crippen LogP) is 4.13. The number of hydrogen-bond acceptors (Lipinski definition) is 1. The molecule has 0 radical (unpaired) electrons. The van der Waals surface area contributed by atoms with Crippen molar-refractivity contribution in [3.05, 3.63) is 24.8 Å². The third kappa shape index (κ3) is 3.22. The monoisotopic (exact) mass is 220 g/mol. The van der Waals surface area contributed by atoms with E-state index < -0.39 is 0 Å².